The average Bonchev–Trinajstić information content (AvgIpc) is 2.54. The Kier molecular flexibility index (Phi) is 7.46. The number of nitrogens with one attached hydrogen (secondary N) is 1. The van der Waals surface area contributed by atoms with Crippen LogP contribution in [-0.4, -0.2) is 25.8 Å². The number of halogens is 3. The maximum Gasteiger partial charge on any atom is 0.277 e. The van der Waals surface area contributed by atoms with E-state index in [1.54, 1.807) is 13.3 Å². The molecule has 132 valence electrons. The molecular formula is C17H15Br3N2O3. The molecule has 0 saturated heterocycles. The number of carbonyl (C=O) groups is 1. The minimum absolute atomic E-state index is 0.149. The second-order valence-electron chi connectivity index (χ2n) is 5.03. The van der Waals surface area contributed by atoms with Crippen LogP contribution in [0.2, 0.25) is 0 Å². The van der Waals surface area contributed by atoms with Gasteiger partial charge in [0.25, 0.3) is 5.91 Å². The van der Waals surface area contributed by atoms with Crippen molar-refractivity contribution in [3.05, 3.63) is 54.9 Å². The average molecular weight is 535 g/mol. The van der Waals surface area contributed by atoms with Gasteiger partial charge in [-0.15, -0.1) is 0 Å². The van der Waals surface area contributed by atoms with Crippen LogP contribution in [0, 0.1) is 6.92 Å². The summed E-state index contributed by atoms with van der Waals surface area (Å²) in [6.45, 7) is 1.82. The summed E-state index contributed by atoms with van der Waals surface area (Å²) < 4.78 is 13.1. The zero-order valence-corrected chi connectivity index (χ0v) is 18.2. The van der Waals surface area contributed by atoms with Crippen LogP contribution in [0.25, 0.3) is 0 Å². The van der Waals surface area contributed by atoms with Gasteiger partial charge in [-0.1, -0.05) is 0 Å². The molecule has 2 aromatic rings. The van der Waals surface area contributed by atoms with Gasteiger partial charge in [-0.05, 0) is 96.2 Å². The van der Waals surface area contributed by atoms with Gasteiger partial charge in [-0.25, -0.2) is 5.43 Å². The van der Waals surface area contributed by atoms with E-state index in [1.165, 1.54) is 0 Å². The smallest absolute Gasteiger partial charge is 0.277 e. The van der Waals surface area contributed by atoms with Gasteiger partial charge in [0.2, 0.25) is 0 Å². The third-order valence-corrected chi connectivity index (χ3v) is 4.87. The minimum atomic E-state index is -0.358. The Morgan fingerprint density at radius 3 is 2.44 bits per heavy atom. The number of nitrogens with zero attached hydrogens (tertiary/aromatic N) is 1. The molecule has 0 radical (unpaired) electrons. The number of hydrogen-bond donors (Lipinski definition) is 1. The van der Waals surface area contributed by atoms with Crippen molar-refractivity contribution in [2.45, 2.75) is 6.92 Å². The third-order valence-electron chi connectivity index (χ3n) is 3.07. The predicted octanol–water partition coefficient (Wildman–Crippen LogP) is 4.82. The summed E-state index contributed by atoms with van der Waals surface area (Å²) in [5, 5.41) is 3.92. The summed E-state index contributed by atoms with van der Waals surface area (Å²) in [6, 6.07) is 9.31. The number of hydrazone groups is 1. The molecule has 1 N–H and O–H groups in total. The Bertz CT molecular complexity index is 787. The first-order valence-corrected chi connectivity index (χ1v) is 9.52. The minimum Gasteiger partial charge on any atom is -0.496 e. The summed E-state index contributed by atoms with van der Waals surface area (Å²) >= 11 is 10.2. The van der Waals surface area contributed by atoms with Crippen molar-refractivity contribution < 1.29 is 14.3 Å². The predicted molar refractivity (Wildman–Crippen MR) is 109 cm³/mol. The lowest BCUT2D eigenvalue weighted by Gasteiger charge is -2.10. The number of hydrogen-bond acceptors (Lipinski definition) is 4. The Morgan fingerprint density at radius 1 is 1.16 bits per heavy atom. The van der Waals surface area contributed by atoms with Crippen molar-refractivity contribution in [1.29, 1.82) is 0 Å². The second-order valence-corrected chi connectivity index (χ2v) is 7.60. The molecule has 8 heteroatoms. The van der Waals surface area contributed by atoms with Crippen LogP contribution in [0.5, 0.6) is 11.5 Å². The number of amides is 1. The monoisotopic (exact) mass is 532 g/mol. The first-order chi connectivity index (χ1) is 11.9. The number of carbonyl (C=O) groups excluding carboxylic acids is 1. The van der Waals surface area contributed by atoms with Gasteiger partial charge in [0.15, 0.2) is 6.61 Å². The summed E-state index contributed by atoms with van der Waals surface area (Å²) in [5.74, 6) is 0.941. The van der Waals surface area contributed by atoms with Gasteiger partial charge in [-0.3, -0.25) is 4.79 Å². The largest absolute Gasteiger partial charge is 0.496 e. The Morgan fingerprint density at radius 2 is 1.84 bits per heavy atom. The molecule has 0 saturated carbocycles. The molecule has 0 bridgehead atoms. The van der Waals surface area contributed by atoms with Crippen molar-refractivity contribution in [3.63, 3.8) is 0 Å². The summed E-state index contributed by atoms with van der Waals surface area (Å²) in [5.41, 5.74) is 4.32. The molecule has 0 aliphatic heterocycles. The maximum atomic E-state index is 11.9. The van der Waals surface area contributed by atoms with Gasteiger partial charge >= 0.3 is 0 Å². The fourth-order valence-electron chi connectivity index (χ4n) is 1.94. The van der Waals surface area contributed by atoms with Crippen molar-refractivity contribution in [2.24, 2.45) is 5.10 Å². The van der Waals surface area contributed by atoms with Crippen molar-refractivity contribution in [3.8, 4) is 11.5 Å². The Balaban J connectivity index is 1.90. The molecule has 0 unspecified atom stereocenters. The standard InChI is InChI=1S/C17H15Br3N2O3/c1-10-5-13(19)17(14(20)6-10)25-9-16(23)22-21-8-11-3-4-15(24-2)12(18)7-11/h3-8H,9H2,1-2H3,(H,22,23)/b21-8+. The molecule has 0 fully saturated rings. The van der Waals surface area contributed by atoms with Gasteiger partial charge in [0, 0.05) is 0 Å². The third kappa shape index (κ3) is 5.83. The molecule has 2 aromatic carbocycles. The summed E-state index contributed by atoms with van der Waals surface area (Å²) in [7, 11) is 1.60. The number of ether oxygens (including phenoxy) is 2. The lowest BCUT2D eigenvalue weighted by molar-refractivity contribution is -0.123. The van der Waals surface area contributed by atoms with Crippen LogP contribution in [0.4, 0.5) is 0 Å². The molecular weight excluding hydrogens is 520 g/mol. The van der Waals surface area contributed by atoms with Crippen LogP contribution in [-0.2, 0) is 4.79 Å². The maximum absolute atomic E-state index is 11.9. The zero-order valence-electron chi connectivity index (χ0n) is 13.5. The molecule has 2 rings (SSSR count). The highest BCUT2D eigenvalue weighted by atomic mass is 79.9. The van der Waals surface area contributed by atoms with Gasteiger partial charge in [-0.2, -0.15) is 5.10 Å². The molecule has 5 nitrogen and oxygen atoms in total. The number of methoxy groups -OCH3 is 1. The molecule has 0 spiro atoms. The van der Waals surface area contributed by atoms with E-state index in [0.29, 0.717) is 5.75 Å². The van der Waals surface area contributed by atoms with E-state index in [2.05, 4.69) is 58.3 Å². The van der Waals surface area contributed by atoms with E-state index in [0.717, 1.165) is 30.3 Å². The Labute approximate surface area is 171 Å². The van der Waals surface area contributed by atoms with Crippen molar-refractivity contribution in [1.82, 2.24) is 5.43 Å². The van der Waals surface area contributed by atoms with Crippen LogP contribution < -0.4 is 14.9 Å². The normalized spacial score (nSPS) is 10.8. The van der Waals surface area contributed by atoms with Crippen molar-refractivity contribution in [2.75, 3.05) is 13.7 Å². The van der Waals surface area contributed by atoms with E-state index < -0.39 is 0 Å². The molecule has 0 aliphatic carbocycles. The topological polar surface area (TPSA) is 59.9 Å². The first kappa shape index (κ1) is 19.9. The van der Waals surface area contributed by atoms with Gasteiger partial charge < -0.3 is 9.47 Å². The fraction of sp³-hybridized carbons (Fsp3) is 0.176. The van der Waals surface area contributed by atoms with Gasteiger partial charge in [0.1, 0.15) is 11.5 Å². The number of rotatable bonds is 6. The van der Waals surface area contributed by atoms with Crippen LogP contribution >= 0.6 is 47.8 Å². The highest BCUT2D eigenvalue weighted by Crippen LogP contribution is 2.34. The Hall–Kier alpha value is -1.38. The quantitative estimate of drug-likeness (QED) is 0.427. The molecule has 0 heterocycles. The van der Waals surface area contributed by atoms with E-state index in [9.17, 15) is 4.79 Å². The number of benzene rings is 2. The molecule has 0 atom stereocenters. The summed E-state index contributed by atoms with van der Waals surface area (Å²) in [4.78, 5) is 11.9. The van der Waals surface area contributed by atoms with Crippen LogP contribution in [0.1, 0.15) is 11.1 Å². The van der Waals surface area contributed by atoms with E-state index in [-0.39, 0.29) is 12.5 Å². The van der Waals surface area contributed by atoms with Crippen LogP contribution in [0.3, 0.4) is 0 Å². The van der Waals surface area contributed by atoms with Gasteiger partial charge in [0.05, 0.1) is 26.7 Å². The van der Waals surface area contributed by atoms with E-state index >= 15 is 0 Å². The lowest BCUT2D eigenvalue weighted by Crippen LogP contribution is -2.24. The zero-order chi connectivity index (χ0) is 18.4. The second kappa shape index (κ2) is 9.35. The first-order valence-electron chi connectivity index (χ1n) is 7.14. The van der Waals surface area contributed by atoms with E-state index in [4.69, 9.17) is 9.47 Å². The highest BCUT2D eigenvalue weighted by molar-refractivity contribution is 9.11. The van der Waals surface area contributed by atoms with Crippen LogP contribution in [0.15, 0.2) is 48.9 Å². The van der Waals surface area contributed by atoms with Crippen molar-refractivity contribution >= 4 is 59.9 Å². The SMILES string of the molecule is COc1ccc(/C=N/NC(=O)COc2c(Br)cc(C)cc2Br)cc1Br. The molecule has 1 amide bonds. The summed E-state index contributed by atoms with van der Waals surface area (Å²) in [6.07, 6.45) is 1.54. The van der Waals surface area contributed by atoms with E-state index in [1.807, 2.05) is 37.3 Å². The number of aryl methyl sites for hydroxylation is 1. The molecule has 0 aliphatic rings. The molecule has 25 heavy (non-hydrogen) atoms. The lowest BCUT2D eigenvalue weighted by atomic mass is 10.2. The highest BCUT2D eigenvalue weighted by Gasteiger charge is 2.10. The fourth-order valence-corrected chi connectivity index (χ4v) is 4.14. The molecule has 0 aromatic heterocycles.